The molecule has 2 unspecified atom stereocenters. The van der Waals surface area contributed by atoms with Gasteiger partial charge in [0.2, 0.25) is 0 Å². The lowest BCUT2D eigenvalue weighted by Crippen LogP contribution is -2.23. The Hall–Kier alpha value is -4.69. The Labute approximate surface area is 401 Å². The fraction of sp³-hybridized carbons (Fsp3) is 0.333. The Balaban J connectivity index is 0.000000703. The SMILES string of the molecule is CC.CC(C)C/C=C\CC(C)C.CC(C)c1ccccc1OP(O)Oc1ccccc1P(c1ccccc1)c1ccccc1OP(Oc1ccccc1C(C)C)Oc1ccccc1C(C)C. The summed E-state index contributed by atoms with van der Waals surface area (Å²) in [5.41, 5.74) is 3.14. The van der Waals surface area contributed by atoms with E-state index in [0.29, 0.717) is 17.2 Å². The molecule has 6 rings (SSSR count). The molecular formula is C57H73O6P3. The minimum Gasteiger partial charge on any atom is -0.418 e. The van der Waals surface area contributed by atoms with E-state index in [4.69, 9.17) is 22.6 Å². The van der Waals surface area contributed by atoms with Crippen molar-refractivity contribution >= 4 is 41.0 Å². The van der Waals surface area contributed by atoms with Gasteiger partial charge in [0.15, 0.2) is 0 Å². The van der Waals surface area contributed by atoms with Crippen molar-refractivity contribution in [1.29, 1.82) is 0 Å². The highest BCUT2D eigenvalue weighted by atomic mass is 31.2. The molecular weight excluding hydrogens is 874 g/mol. The molecule has 0 amide bonds. The van der Waals surface area contributed by atoms with Crippen LogP contribution >= 0.6 is 25.1 Å². The second-order valence-corrected chi connectivity index (χ2v) is 21.3. The predicted molar refractivity (Wildman–Crippen MR) is 285 cm³/mol. The summed E-state index contributed by atoms with van der Waals surface area (Å²) in [4.78, 5) is 11.3. The van der Waals surface area contributed by atoms with Crippen molar-refractivity contribution in [1.82, 2.24) is 0 Å². The molecule has 6 aromatic rings. The lowest BCUT2D eigenvalue weighted by atomic mass is 10.0. The quantitative estimate of drug-likeness (QED) is 0.0608. The molecule has 9 heteroatoms. The van der Waals surface area contributed by atoms with Crippen molar-refractivity contribution in [3.63, 3.8) is 0 Å². The highest BCUT2D eigenvalue weighted by Gasteiger charge is 2.30. The molecule has 0 aliphatic carbocycles. The molecule has 0 bridgehead atoms. The van der Waals surface area contributed by atoms with Crippen molar-refractivity contribution in [2.24, 2.45) is 11.8 Å². The van der Waals surface area contributed by atoms with Crippen LogP contribution in [0.5, 0.6) is 28.7 Å². The molecule has 0 heterocycles. The van der Waals surface area contributed by atoms with E-state index in [-0.39, 0.29) is 17.8 Å². The standard InChI is InChI=1S/C45H47O6P3.C10H20.C2H6/c1-32(2)36-22-10-13-25-39(36)47-53(46)48-42-28-16-18-30-44(42)52(35-20-8-7-9-21-35)45-31-19-17-29-43(45)51-54(49-40-26-14-11-23-37(40)33(3)4)50-41-27-15-12-24-38(41)34(5)6;1-9(2)7-5-6-8-10(3)4;1-2/h7-34,46H,1-6H3;5-6,9-10H,7-8H2,1-4H3;1-2H3/b;6-5-;. The Bertz CT molecular complexity index is 2260. The van der Waals surface area contributed by atoms with E-state index in [1.165, 1.54) is 12.8 Å². The Morgan fingerprint density at radius 2 is 0.697 bits per heavy atom. The normalized spacial score (nSPS) is 12.2. The van der Waals surface area contributed by atoms with E-state index in [2.05, 4.69) is 112 Å². The summed E-state index contributed by atoms with van der Waals surface area (Å²) in [7, 11) is -5.58. The van der Waals surface area contributed by atoms with Crippen LogP contribution in [-0.4, -0.2) is 4.89 Å². The van der Waals surface area contributed by atoms with Crippen molar-refractivity contribution in [3.8, 4) is 28.7 Å². The summed E-state index contributed by atoms with van der Waals surface area (Å²) in [6.45, 7) is 25.8. The molecule has 0 aliphatic heterocycles. The summed E-state index contributed by atoms with van der Waals surface area (Å²) >= 11 is 0. The second-order valence-electron chi connectivity index (χ2n) is 17.3. The summed E-state index contributed by atoms with van der Waals surface area (Å²) < 4.78 is 32.7. The lowest BCUT2D eigenvalue weighted by Gasteiger charge is -2.26. The molecule has 2 atom stereocenters. The zero-order chi connectivity index (χ0) is 48.0. The third-order valence-electron chi connectivity index (χ3n) is 10.1. The van der Waals surface area contributed by atoms with Gasteiger partial charge in [-0.05, 0) is 103 Å². The van der Waals surface area contributed by atoms with Crippen LogP contribution in [0.2, 0.25) is 0 Å². The fourth-order valence-electron chi connectivity index (χ4n) is 6.77. The van der Waals surface area contributed by atoms with Gasteiger partial charge in [0.25, 0.3) is 0 Å². The number of allylic oxidation sites excluding steroid dienone is 2. The number of hydrogen-bond acceptors (Lipinski definition) is 6. The zero-order valence-corrected chi connectivity index (χ0v) is 43.9. The number of hydrogen-bond donors (Lipinski definition) is 1. The van der Waals surface area contributed by atoms with Gasteiger partial charge in [-0.2, -0.15) is 0 Å². The van der Waals surface area contributed by atoms with E-state index in [1.807, 2.05) is 135 Å². The third-order valence-corrected chi connectivity index (χ3v) is 14.4. The van der Waals surface area contributed by atoms with E-state index >= 15 is 0 Å². The van der Waals surface area contributed by atoms with Crippen molar-refractivity contribution in [2.45, 2.75) is 114 Å². The average molecular weight is 947 g/mol. The third kappa shape index (κ3) is 16.9. The van der Waals surface area contributed by atoms with Gasteiger partial charge in [-0.1, -0.05) is 217 Å². The van der Waals surface area contributed by atoms with Crippen molar-refractivity contribution < 1.29 is 27.5 Å². The molecule has 0 aromatic heterocycles. The molecule has 0 fully saturated rings. The molecule has 0 radical (unpaired) electrons. The van der Waals surface area contributed by atoms with Gasteiger partial charge in [-0.25, -0.2) is 0 Å². The Kier molecular flexibility index (Phi) is 23.3. The average Bonchev–Trinajstić information content (AvgIpc) is 3.30. The molecule has 1 N–H and O–H groups in total. The first-order valence-corrected chi connectivity index (χ1v) is 27.0. The highest BCUT2D eigenvalue weighted by Crippen LogP contribution is 2.49. The smallest absolute Gasteiger partial charge is 0.418 e. The molecule has 0 saturated carbocycles. The van der Waals surface area contributed by atoms with Gasteiger partial charge in [0, 0.05) is 10.6 Å². The van der Waals surface area contributed by atoms with Crippen LogP contribution in [0.4, 0.5) is 0 Å². The van der Waals surface area contributed by atoms with Crippen LogP contribution in [0.25, 0.3) is 0 Å². The molecule has 352 valence electrons. The van der Waals surface area contributed by atoms with Gasteiger partial charge < -0.3 is 27.5 Å². The molecule has 6 nitrogen and oxygen atoms in total. The first-order valence-electron chi connectivity index (χ1n) is 23.5. The van der Waals surface area contributed by atoms with Crippen LogP contribution in [-0.2, 0) is 0 Å². The molecule has 6 aromatic carbocycles. The monoisotopic (exact) mass is 946 g/mol. The lowest BCUT2D eigenvalue weighted by molar-refractivity contribution is 0.380. The number of rotatable bonds is 20. The maximum atomic E-state index is 11.3. The van der Waals surface area contributed by atoms with Crippen molar-refractivity contribution in [3.05, 3.63) is 181 Å². The van der Waals surface area contributed by atoms with Gasteiger partial charge in [0.1, 0.15) is 28.7 Å². The van der Waals surface area contributed by atoms with Gasteiger partial charge in [-0.15, -0.1) is 0 Å². The topological polar surface area (TPSA) is 66.4 Å². The number of para-hydroxylation sites is 5. The Morgan fingerprint density at radius 3 is 1.09 bits per heavy atom. The van der Waals surface area contributed by atoms with Crippen LogP contribution in [0, 0.1) is 11.8 Å². The summed E-state index contributed by atoms with van der Waals surface area (Å²) in [6, 6.07) is 50.0. The largest absolute Gasteiger partial charge is 0.530 e. The first-order chi connectivity index (χ1) is 31.8. The van der Waals surface area contributed by atoms with Crippen LogP contribution in [0.15, 0.2) is 164 Å². The maximum Gasteiger partial charge on any atom is 0.530 e. The molecule has 66 heavy (non-hydrogen) atoms. The molecule has 0 aliphatic rings. The minimum atomic E-state index is -2.31. The van der Waals surface area contributed by atoms with Crippen molar-refractivity contribution in [2.75, 3.05) is 0 Å². The molecule has 0 spiro atoms. The summed E-state index contributed by atoms with van der Waals surface area (Å²) in [6.07, 6.45) is 7.05. The maximum absolute atomic E-state index is 11.3. The number of benzene rings is 6. The van der Waals surface area contributed by atoms with E-state index in [0.717, 1.165) is 55.9 Å². The highest BCUT2D eigenvalue weighted by molar-refractivity contribution is 7.80. The zero-order valence-electron chi connectivity index (χ0n) is 41.2. The first kappa shape index (κ1) is 53.9. The fourth-order valence-corrected chi connectivity index (χ4v) is 11.1. The van der Waals surface area contributed by atoms with E-state index in [1.54, 1.807) is 0 Å². The minimum absolute atomic E-state index is 0.218. The van der Waals surface area contributed by atoms with Crippen LogP contribution in [0.3, 0.4) is 0 Å². The van der Waals surface area contributed by atoms with Gasteiger partial charge in [0.05, 0.1) is 0 Å². The Morgan fingerprint density at radius 1 is 0.394 bits per heavy atom. The van der Waals surface area contributed by atoms with E-state index < -0.39 is 25.1 Å². The summed E-state index contributed by atoms with van der Waals surface area (Å²) in [5, 5.41) is 2.92. The van der Waals surface area contributed by atoms with Gasteiger partial charge in [-0.3, -0.25) is 0 Å². The van der Waals surface area contributed by atoms with Gasteiger partial charge >= 0.3 is 17.2 Å². The van der Waals surface area contributed by atoms with Crippen LogP contribution < -0.4 is 38.5 Å². The van der Waals surface area contributed by atoms with Crippen LogP contribution in [0.1, 0.15) is 130 Å². The summed E-state index contributed by atoms with van der Waals surface area (Å²) in [5.74, 6) is 5.51. The molecule has 0 saturated heterocycles. The predicted octanol–water partition coefficient (Wildman–Crippen LogP) is 16.9. The van der Waals surface area contributed by atoms with E-state index in [9.17, 15) is 4.89 Å². The second kappa shape index (κ2) is 28.5.